The molecular weight excluding hydrogens is 238 g/mol. The second-order valence-corrected chi connectivity index (χ2v) is 5.93. The molecule has 2 rings (SSSR count). The van der Waals surface area contributed by atoms with Crippen LogP contribution in [-0.4, -0.2) is 18.3 Å². The summed E-state index contributed by atoms with van der Waals surface area (Å²) in [5, 5.41) is 0. The summed E-state index contributed by atoms with van der Waals surface area (Å²) < 4.78 is 11.7. The molecule has 2 N–H and O–H groups in total. The summed E-state index contributed by atoms with van der Waals surface area (Å²) in [6.45, 7) is 6.98. The zero-order valence-electron chi connectivity index (χ0n) is 12.2. The minimum atomic E-state index is 0.00574. The van der Waals surface area contributed by atoms with Crippen molar-refractivity contribution >= 4 is 0 Å². The summed E-state index contributed by atoms with van der Waals surface area (Å²) in [6, 6.07) is 8.19. The van der Waals surface area contributed by atoms with Gasteiger partial charge in [-0.2, -0.15) is 0 Å². The third kappa shape index (κ3) is 3.95. The van der Waals surface area contributed by atoms with Gasteiger partial charge in [0.15, 0.2) is 0 Å². The molecule has 3 heteroatoms. The average Bonchev–Trinajstić information content (AvgIpc) is 2.76. The van der Waals surface area contributed by atoms with Crippen molar-refractivity contribution in [3.8, 4) is 5.75 Å². The maximum atomic E-state index is 5.99. The Morgan fingerprint density at radius 2 is 2.05 bits per heavy atom. The number of ether oxygens (including phenoxy) is 2. The van der Waals surface area contributed by atoms with Crippen LogP contribution in [0.4, 0.5) is 0 Å². The largest absolute Gasteiger partial charge is 0.491 e. The molecule has 1 aromatic carbocycles. The molecular formula is C16H25NO2. The molecule has 1 aromatic rings. The lowest BCUT2D eigenvalue weighted by Crippen LogP contribution is -2.23. The van der Waals surface area contributed by atoms with Crippen molar-refractivity contribution in [1.82, 2.24) is 0 Å². The summed E-state index contributed by atoms with van der Waals surface area (Å²) in [5.74, 6) is 0.889. The highest BCUT2D eigenvalue weighted by Gasteiger charge is 2.31. The van der Waals surface area contributed by atoms with Gasteiger partial charge in [0, 0.05) is 6.04 Å². The van der Waals surface area contributed by atoms with Gasteiger partial charge in [-0.1, -0.05) is 19.1 Å². The Morgan fingerprint density at radius 1 is 1.37 bits per heavy atom. The Labute approximate surface area is 116 Å². The highest BCUT2D eigenvalue weighted by atomic mass is 16.6. The van der Waals surface area contributed by atoms with Crippen LogP contribution in [-0.2, 0) is 4.74 Å². The third-order valence-corrected chi connectivity index (χ3v) is 3.74. The van der Waals surface area contributed by atoms with Crippen molar-refractivity contribution in [2.45, 2.75) is 57.8 Å². The molecule has 19 heavy (non-hydrogen) atoms. The first kappa shape index (κ1) is 14.4. The molecule has 1 aliphatic heterocycles. The first-order chi connectivity index (χ1) is 9.00. The number of rotatable bonds is 5. The lowest BCUT2D eigenvalue weighted by molar-refractivity contribution is -0.0326. The van der Waals surface area contributed by atoms with E-state index < -0.39 is 0 Å². The minimum absolute atomic E-state index is 0.00574. The fourth-order valence-electron chi connectivity index (χ4n) is 2.43. The summed E-state index contributed by atoms with van der Waals surface area (Å²) >= 11 is 0. The molecule has 3 nitrogen and oxygen atoms in total. The van der Waals surface area contributed by atoms with E-state index in [0.717, 1.165) is 30.6 Å². The first-order valence-electron chi connectivity index (χ1n) is 7.16. The summed E-state index contributed by atoms with van der Waals surface area (Å²) in [7, 11) is 0. The van der Waals surface area contributed by atoms with Crippen LogP contribution in [0.25, 0.3) is 0 Å². The van der Waals surface area contributed by atoms with E-state index in [2.05, 4.69) is 20.8 Å². The summed E-state index contributed by atoms with van der Waals surface area (Å²) in [6.07, 6.45) is 3.34. The number of hydrogen-bond acceptors (Lipinski definition) is 3. The molecule has 1 heterocycles. The molecule has 106 valence electrons. The van der Waals surface area contributed by atoms with Gasteiger partial charge in [-0.15, -0.1) is 0 Å². The standard InChI is InChI=1S/C16H25NO2/c1-4-15(17)12-5-7-13(8-6-12)18-11-14-9-10-16(2,3)19-14/h5-8,14-15H,4,9-11,17H2,1-3H3. The highest BCUT2D eigenvalue weighted by Crippen LogP contribution is 2.29. The molecule has 0 saturated carbocycles. The van der Waals surface area contributed by atoms with E-state index in [1.807, 2.05) is 24.3 Å². The van der Waals surface area contributed by atoms with Gasteiger partial charge in [-0.05, 0) is 50.8 Å². The number of hydrogen-bond donors (Lipinski definition) is 1. The quantitative estimate of drug-likeness (QED) is 0.885. The molecule has 2 unspecified atom stereocenters. The van der Waals surface area contributed by atoms with E-state index in [9.17, 15) is 0 Å². The van der Waals surface area contributed by atoms with Crippen LogP contribution in [0.15, 0.2) is 24.3 Å². The third-order valence-electron chi connectivity index (χ3n) is 3.74. The maximum Gasteiger partial charge on any atom is 0.119 e. The Kier molecular flexibility index (Phi) is 4.48. The lowest BCUT2D eigenvalue weighted by Gasteiger charge is -2.19. The normalized spacial score (nSPS) is 23.3. The van der Waals surface area contributed by atoms with Crippen LogP contribution in [0.3, 0.4) is 0 Å². The van der Waals surface area contributed by atoms with Gasteiger partial charge in [0.2, 0.25) is 0 Å². The van der Waals surface area contributed by atoms with Crippen LogP contribution < -0.4 is 10.5 Å². The Bertz CT molecular complexity index is 400. The fourth-order valence-corrected chi connectivity index (χ4v) is 2.43. The van der Waals surface area contributed by atoms with Gasteiger partial charge in [0.25, 0.3) is 0 Å². The summed E-state index contributed by atoms with van der Waals surface area (Å²) in [5.41, 5.74) is 7.15. The number of nitrogens with two attached hydrogens (primary N) is 1. The van der Waals surface area contributed by atoms with E-state index in [1.54, 1.807) is 0 Å². The summed E-state index contributed by atoms with van der Waals surface area (Å²) in [4.78, 5) is 0. The van der Waals surface area contributed by atoms with E-state index in [0.29, 0.717) is 6.61 Å². The topological polar surface area (TPSA) is 44.5 Å². The smallest absolute Gasteiger partial charge is 0.119 e. The van der Waals surface area contributed by atoms with Crippen molar-refractivity contribution in [1.29, 1.82) is 0 Å². The van der Waals surface area contributed by atoms with Gasteiger partial charge in [0.1, 0.15) is 12.4 Å². The average molecular weight is 263 g/mol. The fraction of sp³-hybridized carbons (Fsp3) is 0.625. The molecule has 1 saturated heterocycles. The Balaban J connectivity index is 1.84. The molecule has 0 aromatic heterocycles. The van der Waals surface area contributed by atoms with Crippen molar-refractivity contribution < 1.29 is 9.47 Å². The second kappa shape index (κ2) is 5.93. The Hall–Kier alpha value is -1.06. The van der Waals surface area contributed by atoms with Gasteiger partial charge in [-0.3, -0.25) is 0 Å². The highest BCUT2D eigenvalue weighted by molar-refractivity contribution is 5.29. The second-order valence-electron chi connectivity index (χ2n) is 5.93. The molecule has 0 radical (unpaired) electrons. The van der Waals surface area contributed by atoms with Crippen LogP contribution in [0.2, 0.25) is 0 Å². The molecule has 0 amide bonds. The van der Waals surface area contributed by atoms with Crippen LogP contribution >= 0.6 is 0 Å². The van der Waals surface area contributed by atoms with E-state index in [4.69, 9.17) is 15.2 Å². The van der Waals surface area contributed by atoms with E-state index >= 15 is 0 Å². The molecule has 0 bridgehead atoms. The predicted octanol–water partition coefficient (Wildman–Crippen LogP) is 3.43. The first-order valence-corrected chi connectivity index (χ1v) is 7.16. The van der Waals surface area contributed by atoms with Gasteiger partial charge < -0.3 is 15.2 Å². The van der Waals surface area contributed by atoms with Crippen LogP contribution in [0, 0.1) is 0 Å². The SMILES string of the molecule is CCC(N)c1ccc(OCC2CCC(C)(C)O2)cc1. The molecule has 0 spiro atoms. The van der Waals surface area contributed by atoms with Crippen molar-refractivity contribution in [2.75, 3.05) is 6.61 Å². The molecule has 2 atom stereocenters. The zero-order valence-corrected chi connectivity index (χ0v) is 12.2. The van der Waals surface area contributed by atoms with Gasteiger partial charge in [0.05, 0.1) is 11.7 Å². The molecule has 0 aliphatic carbocycles. The zero-order chi connectivity index (χ0) is 13.9. The van der Waals surface area contributed by atoms with Crippen molar-refractivity contribution in [2.24, 2.45) is 5.73 Å². The van der Waals surface area contributed by atoms with E-state index in [-0.39, 0.29) is 17.7 Å². The van der Waals surface area contributed by atoms with Crippen LogP contribution in [0.5, 0.6) is 5.75 Å². The van der Waals surface area contributed by atoms with Crippen molar-refractivity contribution in [3.05, 3.63) is 29.8 Å². The van der Waals surface area contributed by atoms with Crippen LogP contribution in [0.1, 0.15) is 51.6 Å². The molecule has 1 fully saturated rings. The maximum absolute atomic E-state index is 5.99. The Morgan fingerprint density at radius 3 is 2.58 bits per heavy atom. The monoisotopic (exact) mass is 263 g/mol. The van der Waals surface area contributed by atoms with Gasteiger partial charge >= 0.3 is 0 Å². The number of benzene rings is 1. The van der Waals surface area contributed by atoms with Gasteiger partial charge in [-0.25, -0.2) is 0 Å². The lowest BCUT2D eigenvalue weighted by atomic mass is 10.1. The van der Waals surface area contributed by atoms with Crippen molar-refractivity contribution in [3.63, 3.8) is 0 Å². The minimum Gasteiger partial charge on any atom is -0.491 e. The predicted molar refractivity (Wildman–Crippen MR) is 77.3 cm³/mol. The molecule has 1 aliphatic rings. The van der Waals surface area contributed by atoms with E-state index in [1.165, 1.54) is 0 Å².